The van der Waals surface area contributed by atoms with Crippen molar-refractivity contribution in [2.75, 3.05) is 21.1 Å². The van der Waals surface area contributed by atoms with Gasteiger partial charge in [0.1, 0.15) is 33.3 Å². The number of halogens is 2. The van der Waals surface area contributed by atoms with E-state index in [9.17, 15) is 0 Å². The minimum absolute atomic E-state index is 0.132. The predicted molar refractivity (Wildman–Crippen MR) is 289 cm³/mol. The van der Waals surface area contributed by atoms with Gasteiger partial charge < -0.3 is 30.7 Å². The van der Waals surface area contributed by atoms with Gasteiger partial charge in [-0.2, -0.15) is 15.3 Å². The van der Waals surface area contributed by atoms with E-state index in [4.69, 9.17) is 98.8 Å². The zero-order chi connectivity index (χ0) is 46.3. The summed E-state index contributed by atoms with van der Waals surface area (Å²) in [5, 5.41) is 12.0. The summed E-state index contributed by atoms with van der Waals surface area (Å²) in [5.74, 6) is 2.17. The Morgan fingerprint density at radius 2 is 1.10 bits per heavy atom. The van der Waals surface area contributed by atoms with Gasteiger partial charge >= 0.3 is 0 Å². The molecule has 0 amide bonds. The lowest BCUT2D eigenvalue weighted by Gasteiger charge is -2.38. The van der Waals surface area contributed by atoms with Crippen LogP contribution >= 0.6 is 64.7 Å². The Morgan fingerprint density at radius 1 is 0.694 bits per heavy atom. The van der Waals surface area contributed by atoms with Crippen LogP contribution in [0.5, 0.6) is 17.2 Å². The summed E-state index contributed by atoms with van der Waals surface area (Å²) >= 11 is 29.4. The van der Waals surface area contributed by atoms with Gasteiger partial charge in [0.25, 0.3) is 0 Å². The van der Waals surface area contributed by atoms with E-state index in [0.29, 0.717) is 12.2 Å². The van der Waals surface area contributed by atoms with Gasteiger partial charge in [-0.25, -0.2) is 4.78 Å². The van der Waals surface area contributed by atoms with Crippen LogP contribution in [-0.2, 0) is 35.4 Å². The van der Waals surface area contributed by atoms with Crippen molar-refractivity contribution in [3.63, 3.8) is 0 Å². The minimum atomic E-state index is -2.68. The lowest BCUT2D eigenvalue weighted by Crippen LogP contribution is -2.32. The highest BCUT2D eigenvalue weighted by Crippen LogP contribution is 2.74. The molecule has 3 aromatic carbocycles. The average molecular weight is 1060 g/mol. The smallest absolute Gasteiger partial charge is 0.222 e. The third-order valence-electron chi connectivity index (χ3n) is 9.87. The Balaban J connectivity index is 1.64. The molecule has 3 aromatic rings. The number of ether oxygens (including phenoxy) is 3. The lowest BCUT2D eigenvalue weighted by molar-refractivity contribution is 0.164. The van der Waals surface area contributed by atoms with Crippen molar-refractivity contribution in [1.29, 1.82) is 0 Å². The largest absolute Gasteiger partial charge is 0.481 e. The van der Waals surface area contributed by atoms with Gasteiger partial charge in [-0.1, -0.05) is 57.2 Å². The molecule has 0 aliphatic rings. The van der Waals surface area contributed by atoms with E-state index in [1.165, 1.54) is 4.78 Å². The van der Waals surface area contributed by atoms with Gasteiger partial charge in [-0.05, 0) is 179 Å². The first-order chi connectivity index (χ1) is 29.1. The van der Waals surface area contributed by atoms with Crippen molar-refractivity contribution >= 4 is 119 Å². The van der Waals surface area contributed by atoms with Crippen LogP contribution in [0, 0.1) is 0 Å². The summed E-state index contributed by atoms with van der Waals surface area (Å²) in [4.78, 5) is -2.68. The van der Waals surface area contributed by atoms with E-state index < -0.39 is 49.8 Å². The maximum atomic E-state index is 6.67. The van der Waals surface area contributed by atoms with Gasteiger partial charge in [0, 0.05) is 28.6 Å². The molecular formula is C39H63Cl2N9O3P6S3. The molecule has 0 aliphatic heterocycles. The molecule has 0 aliphatic carbocycles. The maximum Gasteiger partial charge on any atom is 0.222 e. The molecule has 23 heteroatoms. The molecule has 0 bridgehead atoms. The Morgan fingerprint density at radius 3 is 1.48 bits per heavy atom. The highest BCUT2D eigenvalue weighted by molar-refractivity contribution is 8.55. The first kappa shape index (κ1) is 55.5. The molecule has 0 fully saturated rings. The first-order valence-electron chi connectivity index (χ1n) is 20.0. The van der Waals surface area contributed by atoms with Gasteiger partial charge in [0.05, 0.1) is 40.1 Å². The van der Waals surface area contributed by atoms with Crippen LogP contribution in [0.25, 0.3) is 0 Å². The number of hydrogen-bond acceptors (Lipinski definition) is 12. The number of nitrogens with two attached hydrogens (primary N) is 3. The summed E-state index contributed by atoms with van der Waals surface area (Å²) in [5.41, 5.74) is 21.6. The monoisotopic (exact) mass is 1060 g/mol. The summed E-state index contributed by atoms with van der Waals surface area (Å²) in [6.07, 6.45) is 10.5. The van der Waals surface area contributed by atoms with E-state index in [2.05, 4.69) is 39.7 Å². The van der Waals surface area contributed by atoms with Gasteiger partial charge in [0.2, 0.25) is 4.89 Å². The molecular weight excluding hydrogens is 995 g/mol. The fourth-order valence-corrected chi connectivity index (χ4v) is 16.9. The second-order valence-electron chi connectivity index (χ2n) is 15.0. The van der Waals surface area contributed by atoms with E-state index >= 15 is 0 Å². The van der Waals surface area contributed by atoms with Crippen molar-refractivity contribution in [3.05, 3.63) is 89.5 Å². The quantitative estimate of drug-likeness (QED) is 0.0398. The molecule has 0 spiro atoms. The Labute approximate surface area is 400 Å². The van der Waals surface area contributed by atoms with Crippen LogP contribution in [0.4, 0.5) is 0 Å². The predicted octanol–water partition coefficient (Wildman–Crippen LogP) is 12.5. The lowest BCUT2D eigenvalue weighted by atomic mass is 10.1. The SMILES string of the molecule is CCCCC(C)(Oc1ccc(/C=N/N(C)[PH](=S)C(C)(CCC)Oc2ccc(/C=N/N(C)[PH](=S)C(C)(CC)Oc3ccc(/C=N/N(C)P(=S)(Cl)Cl)cc3)cc2)cc1)P(N)P(N)PN. The van der Waals surface area contributed by atoms with Gasteiger partial charge in [-0.15, -0.1) is 0 Å². The molecule has 6 N–H and O–H groups in total. The van der Waals surface area contributed by atoms with Crippen molar-refractivity contribution in [1.82, 2.24) is 14.3 Å². The molecule has 3 rings (SSSR count). The Bertz CT molecular complexity index is 2060. The summed E-state index contributed by atoms with van der Waals surface area (Å²) < 4.78 is 24.8. The average Bonchev–Trinajstić information content (AvgIpc) is 3.25. The second-order valence-corrected chi connectivity index (χ2v) is 38.1. The van der Waals surface area contributed by atoms with Crippen molar-refractivity contribution < 1.29 is 14.2 Å². The Kier molecular flexibility index (Phi) is 23.2. The van der Waals surface area contributed by atoms with Crippen LogP contribution in [0.2, 0.25) is 0 Å². The summed E-state index contributed by atoms with van der Waals surface area (Å²) in [6.45, 7) is 9.11. The number of benzene rings is 3. The van der Waals surface area contributed by atoms with Gasteiger partial charge in [0.15, 0.2) is 0 Å². The fourth-order valence-electron chi connectivity index (χ4n) is 5.90. The third kappa shape index (κ3) is 16.8. The molecule has 62 heavy (non-hydrogen) atoms. The fraction of sp³-hybridized carbons (Fsp3) is 0.462. The highest BCUT2D eigenvalue weighted by Gasteiger charge is 2.38. The third-order valence-corrected chi connectivity index (χ3v) is 29.3. The van der Waals surface area contributed by atoms with E-state index in [-0.39, 0.29) is 8.42 Å². The zero-order valence-corrected chi connectivity index (χ0v) is 46.5. The number of hydrazone groups is 3. The van der Waals surface area contributed by atoms with Crippen LogP contribution in [-0.4, -0.2) is 70.2 Å². The molecule has 8 atom stereocenters. The normalized spacial score (nSPS) is 17.3. The molecule has 8 unspecified atom stereocenters. The summed E-state index contributed by atoms with van der Waals surface area (Å²) in [6, 6.07) is 23.3. The van der Waals surface area contributed by atoms with Gasteiger partial charge in [-0.3, -0.25) is 9.56 Å². The first-order valence-corrected chi connectivity index (χ1v) is 35.2. The van der Waals surface area contributed by atoms with E-state index in [1.807, 2.05) is 110 Å². The topological polar surface area (TPSA) is 153 Å². The Hall–Kier alpha value is -0.830. The second kappa shape index (κ2) is 25.9. The number of hydrogen-bond donors (Lipinski definition) is 3. The standard InChI is InChI=1S/C39H63Cl2N9O3P6S3/c1-10-13-27-38(5,55(43)58(44)54-42)52-35-22-14-31(15-23-35)29-46-49(8)57(61)39(6,26-11-2)53-36-24-16-32(17-25-36)28-45-48(7)56(60)37(4,12-3)51-34-20-18-33(19-21-34)30-47-50(9)59(40,41)62/h14-25,28-30,54,56-57H,10-13,26-27,42-44H2,1-9H3/b45-28+,46-29+,47-30+. The minimum Gasteiger partial charge on any atom is -0.481 e. The molecule has 0 radical (unpaired) electrons. The molecule has 0 heterocycles. The van der Waals surface area contributed by atoms with Crippen molar-refractivity contribution in [2.24, 2.45) is 31.8 Å². The van der Waals surface area contributed by atoms with Crippen LogP contribution in [0.15, 0.2) is 88.1 Å². The maximum absolute atomic E-state index is 6.67. The van der Waals surface area contributed by atoms with Crippen molar-refractivity contribution in [2.45, 2.75) is 96.1 Å². The highest BCUT2D eigenvalue weighted by atomic mass is 35.9. The summed E-state index contributed by atoms with van der Waals surface area (Å²) in [7, 11) is 3.56. The van der Waals surface area contributed by atoms with Crippen LogP contribution in [0.3, 0.4) is 0 Å². The van der Waals surface area contributed by atoms with E-state index in [0.717, 1.165) is 60.3 Å². The van der Waals surface area contributed by atoms with E-state index in [1.54, 1.807) is 19.5 Å². The van der Waals surface area contributed by atoms with Crippen LogP contribution in [0.1, 0.15) is 96.8 Å². The molecule has 344 valence electrons. The molecule has 0 saturated carbocycles. The number of nitrogens with zero attached hydrogens (tertiary/aromatic N) is 6. The molecule has 0 saturated heterocycles. The zero-order valence-electron chi connectivity index (χ0n) is 36.9. The number of unbranched alkanes of at least 4 members (excludes halogenated alkanes) is 1. The number of rotatable bonds is 26. The van der Waals surface area contributed by atoms with Crippen LogP contribution < -0.4 is 30.7 Å². The van der Waals surface area contributed by atoms with Crippen molar-refractivity contribution in [3.8, 4) is 17.2 Å². The molecule has 0 aromatic heterocycles. The molecule has 12 nitrogen and oxygen atoms in total.